The maximum Gasteiger partial charge on any atom is 0.338 e. The van der Waals surface area contributed by atoms with Crippen LogP contribution in [0.3, 0.4) is 0 Å². The van der Waals surface area contributed by atoms with Crippen molar-refractivity contribution in [1.82, 2.24) is 0 Å². The van der Waals surface area contributed by atoms with Gasteiger partial charge in [-0.15, -0.1) is 0 Å². The van der Waals surface area contributed by atoms with Crippen molar-refractivity contribution >= 4 is 17.9 Å². The molecule has 0 amide bonds. The van der Waals surface area contributed by atoms with Gasteiger partial charge >= 0.3 is 17.9 Å². The van der Waals surface area contributed by atoms with E-state index in [4.69, 9.17) is 50.7 Å². The number of hydrogen-bond donors (Lipinski definition) is 13. The van der Waals surface area contributed by atoms with Gasteiger partial charge < -0.3 is 71.1 Å². The first-order valence-corrected chi connectivity index (χ1v) is 20.2. The smallest absolute Gasteiger partial charge is 0.338 e. The van der Waals surface area contributed by atoms with Gasteiger partial charge in [-0.1, -0.05) is 69.2 Å². The summed E-state index contributed by atoms with van der Waals surface area (Å²) < 4.78 is 4.78. The van der Waals surface area contributed by atoms with Crippen LogP contribution in [0.5, 0.6) is 63.2 Å². The van der Waals surface area contributed by atoms with E-state index in [1.54, 1.807) is 18.2 Å². The van der Waals surface area contributed by atoms with Crippen LogP contribution in [0.4, 0.5) is 0 Å². The molecule has 0 aliphatic carbocycles. The van der Waals surface area contributed by atoms with E-state index in [2.05, 4.69) is 0 Å². The average molecular weight is 923 g/mol. The van der Waals surface area contributed by atoms with Crippen molar-refractivity contribution in [3.63, 3.8) is 0 Å². The standard InChI is InChI=1S/C14H22O2.C10H12O5.C10H14O2.C8H8O4.C7H6O4/c1-13(2,3)9-7-12(16)10(8-11(9)15)14(4,5)6;1-2-3-15-10(14)6-4-7(11)9(13)8(12)5-6;1-10(2,3)8-6-7(11)4-5-9(8)12;1-4-2-5(8(11)12)3-6(9)7(4)10;8-5-2-1-4(7(10)11)3-6(5)9/h7-8,15-16H,1-6H3;4-5,11-13H,2-3H2,1H3;4-6,11-12H,1-3H3;2-3,9-10H,1H3,(H,11,12);1-3,8-9H,(H,10,11). The highest BCUT2D eigenvalue weighted by Crippen LogP contribution is 2.40. The maximum atomic E-state index is 11.3. The number of carboxylic acid groups (broad SMARTS) is 2. The van der Waals surface area contributed by atoms with E-state index in [0.717, 1.165) is 47.0 Å². The third kappa shape index (κ3) is 17.1. The molecule has 5 rings (SSSR count). The fraction of sp³-hybridized carbons (Fsp3) is 0.327. The molecule has 13 N–H and O–H groups in total. The third-order valence-corrected chi connectivity index (χ3v) is 9.01. The Morgan fingerprint density at radius 2 is 0.833 bits per heavy atom. The minimum Gasteiger partial charge on any atom is -0.508 e. The first-order valence-electron chi connectivity index (χ1n) is 20.2. The van der Waals surface area contributed by atoms with Crippen LogP contribution in [-0.2, 0) is 21.0 Å². The van der Waals surface area contributed by atoms with Crippen LogP contribution in [0, 0.1) is 6.92 Å². The number of carboxylic acids is 2. The molecule has 0 heterocycles. The summed E-state index contributed by atoms with van der Waals surface area (Å²) in [7, 11) is 0. The van der Waals surface area contributed by atoms with Crippen LogP contribution in [0.25, 0.3) is 0 Å². The van der Waals surface area contributed by atoms with Gasteiger partial charge in [-0.2, -0.15) is 0 Å². The van der Waals surface area contributed by atoms with Crippen molar-refractivity contribution in [3.05, 3.63) is 112 Å². The second-order valence-electron chi connectivity index (χ2n) is 17.8. The minimum absolute atomic E-state index is 0.00347. The second kappa shape index (κ2) is 23.3. The number of carbonyl (C=O) groups is 3. The number of aromatic carboxylic acids is 2. The summed E-state index contributed by atoms with van der Waals surface area (Å²) in [6.07, 6.45) is 0.682. The van der Waals surface area contributed by atoms with E-state index < -0.39 is 46.7 Å². The molecule has 0 atom stereocenters. The molecule has 0 bridgehead atoms. The first kappa shape index (κ1) is 56.3. The quantitative estimate of drug-likeness (QED) is 0.0443. The molecule has 5 aromatic rings. The number of aryl methyl sites for hydroxylation is 1. The van der Waals surface area contributed by atoms with Crippen LogP contribution >= 0.6 is 0 Å². The Morgan fingerprint density at radius 1 is 0.439 bits per heavy atom. The lowest BCUT2D eigenvalue weighted by molar-refractivity contribution is 0.0503. The minimum atomic E-state index is -1.14. The average Bonchev–Trinajstić information content (AvgIpc) is 3.20. The number of carbonyl (C=O) groups excluding carboxylic acids is 1. The van der Waals surface area contributed by atoms with E-state index in [1.807, 2.05) is 69.2 Å². The van der Waals surface area contributed by atoms with Gasteiger partial charge in [0.2, 0.25) is 0 Å². The fourth-order valence-corrected chi connectivity index (χ4v) is 5.44. The topological polar surface area (TPSA) is 323 Å². The van der Waals surface area contributed by atoms with Crippen LogP contribution in [-0.4, -0.2) is 90.9 Å². The van der Waals surface area contributed by atoms with Gasteiger partial charge in [-0.05, 0) is 108 Å². The number of esters is 1. The second-order valence-corrected chi connectivity index (χ2v) is 17.8. The molecule has 17 nitrogen and oxygen atoms in total. The lowest BCUT2D eigenvalue weighted by atomic mass is 9.81. The van der Waals surface area contributed by atoms with Gasteiger partial charge in [-0.3, -0.25) is 0 Å². The Bertz CT molecular complexity index is 2380. The number of phenols is 11. The predicted octanol–water partition coefficient (Wildman–Crippen LogP) is 9.36. The van der Waals surface area contributed by atoms with E-state index in [9.17, 15) is 34.8 Å². The summed E-state index contributed by atoms with van der Waals surface area (Å²) in [4.78, 5) is 32.0. The van der Waals surface area contributed by atoms with Crippen molar-refractivity contribution in [3.8, 4) is 63.2 Å². The zero-order chi connectivity index (χ0) is 51.2. The zero-order valence-electron chi connectivity index (χ0n) is 38.8. The van der Waals surface area contributed by atoms with Crippen LogP contribution in [0.1, 0.15) is 129 Å². The largest absolute Gasteiger partial charge is 0.508 e. The molecule has 0 spiro atoms. The Hall–Kier alpha value is -7.69. The Labute approximate surface area is 383 Å². The molecule has 0 saturated carbocycles. The molecular weight excluding hydrogens is 861 g/mol. The Kier molecular flexibility index (Phi) is 19.9. The first-order chi connectivity index (χ1) is 30.1. The molecule has 360 valence electrons. The Balaban J connectivity index is 0.000000415. The van der Waals surface area contributed by atoms with Crippen molar-refractivity contribution < 1.29 is 85.5 Å². The summed E-state index contributed by atoms with van der Waals surface area (Å²) in [5, 5.41) is 119. The predicted molar refractivity (Wildman–Crippen MR) is 246 cm³/mol. The molecule has 0 aliphatic rings. The van der Waals surface area contributed by atoms with Crippen molar-refractivity contribution in [2.24, 2.45) is 0 Å². The van der Waals surface area contributed by atoms with Gasteiger partial charge in [0.1, 0.15) is 23.0 Å². The van der Waals surface area contributed by atoms with Gasteiger partial charge in [-0.25, -0.2) is 14.4 Å². The van der Waals surface area contributed by atoms with Gasteiger partial charge in [0.25, 0.3) is 0 Å². The fourth-order valence-electron chi connectivity index (χ4n) is 5.44. The van der Waals surface area contributed by atoms with Crippen molar-refractivity contribution in [2.75, 3.05) is 6.61 Å². The lowest BCUT2D eigenvalue weighted by Crippen LogP contribution is -2.15. The lowest BCUT2D eigenvalue weighted by Gasteiger charge is -2.25. The summed E-state index contributed by atoms with van der Waals surface area (Å²) in [6, 6.07) is 15.6. The van der Waals surface area contributed by atoms with Gasteiger partial charge in [0.15, 0.2) is 40.2 Å². The van der Waals surface area contributed by atoms with Gasteiger partial charge in [0, 0.05) is 16.7 Å². The number of hydrogen-bond acceptors (Lipinski definition) is 15. The maximum absolute atomic E-state index is 11.3. The summed E-state index contributed by atoms with van der Waals surface area (Å²) in [6.45, 7) is 21.7. The number of ether oxygens (including phenoxy) is 1. The number of aromatic hydroxyl groups is 11. The monoisotopic (exact) mass is 922 g/mol. The highest BCUT2D eigenvalue weighted by molar-refractivity contribution is 5.91. The molecule has 0 fully saturated rings. The molecule has 5 aromatic carbocycles. The van der Waals surface area contributed by atoms with Crippen LogP contribution in [0.2, 0.25) is 0 Å². The molecule has 0 unspecified atom stereocenters. The number of rotatable bonds is 5. The number of benzene rings is 5. The Morgan fingerprint density at radius 3 is 1.21 bits per heavy atom. The SMILES string of the molecule is CC(C)(C)c1cc(O)c(C(C)(C)C)cc1O.CC(C)(C)c1cc(O)ccc1O.CCCOC(=O)c1cc(O)c(O)c(O)c1.Cc1cc(C(=O)O)cc(O)c1O.O=C(O)c1ccc(O)c(O)c1. The summed E-state index contributed by atoms with van der Waals surface area (Å²) in [5.74, 6) is -5.18. The van der Waals surface area contributed by atoms with Crippen molar-refractivity contribution in [1.29, 1.82) is 0 Å². The number of phenolic OH excluding ortho intramolecular Hbond substituents is 11. The van der Waals surface area contributed by atoms with E-state index >= 15 is 0 Å². The molecule has 0 aromatic heterocycles. The van der Waals surface area contributed by atoms with Crippen LogP contribution in [0.15, 0.2) is 72.8 Å². The van der Waals surface area contributed by atoms with E-state index in [-0.39, 0.29) is 74.0 Å². The third-order valence-electron chi connectivity index (χ3n) is 9.01. The van der Waals surface area contributed by atoms with E-state index in [0.29, 0.717) is 12.0 Å². The van der Waals surface area contributed by atoms with E-state index in [1.165, 1.54) is 31.2 Å². The van der Waals surface area contributed by atoms with Crippen molar-refractivity contribution in [2.45, 2.75) is 98.8 Å². The molecule has 0 saturated heterocycles. The molecule has 0 aliphatic heterocycles. The molecule has 66 heavy (non-hydrogen) atoms. The van der Waals surface area contributed by atoms with Crippen LogP contribution < -0.4 is 0 Å². The summed E-state index contributed by atoms with van der Waals surface area (Å²) >= 11 is 0. The van der Waals surface area contributed by atoms with Gasteiger partial charge in [0.05, 0.1) is 23.3 Å². The highest BCUT2D eigenvalue weighted by Gasteiger charge is 2.25. The highest BCUT2D eigenvalue weighted by atomic mass is 16.5. The molecular formula is C49H62O17. The normalized spacial score (nSPS) is 10.8. The molecule has 0 radical (unpaired) electrons. The molecule has 17 heteroatoms. The summed E-state index contributed by atoms with van der Waals surface area (Å²) in [5.41, 5.74) is 2.09. The zero-order valence-corrected chi connectivity index (χ0v) is 38.8.